The van der Waals surface area contributed by atoms with Gasteiger partial charge in [0.2, 0.25) is 0 Å². The first-order chi connectivity index (χ1) is 9.11. The fourth-order valence-corrected chi connectivity index (χ4v) is 3.14. The molecular formula is C15H24BrN3. The number of piperidine rings is 1. The van der Waals surface area contributed by atoms with E-state index in [1.54, 1.807) is 0 Å². The highest BCUT2D eigenvalue weighted by atomic mass is 79.9. The molecule has 2 rings (SSSR count). The van der Waals surface area contributed by atoms with Crippen LogP contribution in [-0.4, -0.2) is 45.2 Å². The molecule has 0 saturated carbocycles. The summed E-state index contributed by atoms with van der Waals surface area (Å²) < 4.78 is 1.16. The van der Waals surface area contributed by atoms with Crippen LogP contribution in [0.15, 0.2) is 22.7 Å². The van der Waals surface area contributed by atoms with Crippen molar-refractivity contribution in [2.45, 2.75) is 25.4 Å². The summed E-state index contributed by atoms with van der Waals surface area (Å²) >= 11 is 3.59. The number of benzene rings is 1. The molecule has 0 aromatic heterocycles. The minimum absolute atomic E-state index is 0.733. The Bertz CT molecular complexity index is 412. The molecule has 1 aromatic rings. The minimum Gasteiger partial charge on any atom is -0.371 e. The summed E-state index contributed by atoms with van der Waals surface area (Å²) in [6.07, 6.45) is 2.50. The fraction of sp³-hybridized carbons (Fsp3) is 0.600. The highest BCUT2D eigenvalue weighted by Crippen LogP contribution is 2.28. The number of nitrogens with one attached hydrogen (secondary N) is 1. The average molecular weight is 326 g/mol. The summed E-state index contributed by atoms with van der Waals surface area (Å²) in [6.45, 7) is 3.22. The van der Waals surface area contributed by atoms with E-state index in [1.807, 2.05) is 7.05 Å². The van der Waals surface area contributed by atoms with E-state index in [2.05, 4.69) is 63.3 Å². The van der Waals surface area contributed by atoms with Crippen LogP contribution in [0, 0.1) is 0 Å². The van der Waals surface area contributed by atoms with Crippen molar-refractivity contribution in [1.29, 1.82) is 0 Å². The van der Waals surface area contributed by atoms with E-state index in [-0.39, 0.29) is 0 Å². The second kappa shape index (κ2) is 6.73. The van der Waals surface area contributed by atoms with E-state index in [4.69, 9.17) is 0 Å². The van der Waals surface area contributed by atoms with Crippen molar-refractivity contribution < 1.29 is 0 Å². The molecule has 1 N–H and O–H groups in total. The van der Waals surface area contributed by atoms with Crippen molar-refractivity contribution in [3.63, 3.8) is 0 Å². The summed E-state index contributed by atoms with van der Waals surface area (Å²) in [5.41, 5.74) is 2.76. The monoisotopic (exact) mass is 325 g/mol. The third-order valence-electron chi connectivity index (χ3n) is 3.95. The molecule has 1 aliphatic rings. The van der Waals surface area contributed by atoms with Crippen molar-refractivity contribution >= 4 is 21.6 Å². The third kappa shape index (κ3) is 3.71. The Kier molecular flexibility index (Phi) is 5.25. The Morgan fingerprint density at radius 3 is 2.58 bits per heavy atom. The van der Waals surface area contributed by atoms with Gasteiger partial charge in [-0.3, -0.25) is 0 Å². The van der Waals surface area contributed by atoms with Crippen LogP contribution in [0.1, 0.15) is 18.4 Å². The molecule has 1 aromatic carbocycles. The van der Waals surface area contributed by atoms with Crippen LogP contribution in [0.4, 0.5) is 5.69 Å². The largest absolute Gasteiger partial charge is 0.371 e. The molecule has 0 unspecified atom stereocenters. The van der Waals surface area contributed by atoms with Crippen molar-refractivity contribution in [3.05, 3.63) is 28.2 Å². The average Bonchev–Trinajstić information content (AvgIpc) is 2.41. The van der Waals surface area contributed by atoms with Crippen LogP contribution in [0.25, 0.3) is 0 Å². The van der Waals surface area contributed by atoms with Gasteiger partial charge < -0.3 is 15.1 Å². The summed E-state index contributed by atoms with van der Waals surface area (Å²) in [5.74, 6) is 0. The molecule has 0 aliphatic carbocycles. The molecule has 3 nitrogen and oxygen atoms in total. The summed E-state index contributed by atoms with van der Waals surface area (Å²) in [5, 5.41) is 3.26. The topological polar surface area (TPSA) is 18.5 Å². The summed E-state index contributed by atoms with van der Waals surface area (Å²) in [4.78, 5) is 4.88. The van der Waals surface area contributed by atoms with Crippen LogP contribution < -0.4 is 10.2 Å². The predicted octanol–water partition coefficient (Wildman–Crippen LogP) is 2.70. The van der Waals surface area contributed by atoms with Gasteiger partial charge in [-0.1, -0.05) is 22.0 Å². The first-order valence-corrected chi connectivity index (χ1v) is 7.75. The molecule has 106 valence electrons. The molecule has 0 amide bonds. The van der Waals surface area contributed by atoms with Gasteiger partial charge in [-0.05, 0) is 51.7 Å². The molecule has 0 spiro atoms. The van der Waals surface area contributed by atoms with Crippen LogP contribution in [0.2, 0.25) is 0 Å². The van der Waals surface area contributed by atoms with Crippen molar-refractivity contribution in [1.82, 2.24) is 10.2 Å². The standard InChI is InChI=1S/C15H24BrN3/c1-17-11-12-4-5-13(16)10-15(12)19-8-6-14(7-9-19)18(2)3/h4-5,10,14,17H,6-9,11H2,1-3H3. The zero-order valence-corrected chi connectivity index (χ0v) is 13.7. The Morgan fingerprint density at radius 2 is 2.00 bits per heavy atom. The third-order valence-corrected chi connectivity index (χ3v) is 4.44. The number of anilines is 1. The SMILES string of the molecule is CNCc1ccc(Br)cc1N1CCC(N(C)C)CC1. The summed E-state index contributed by atoms with van der Waals surface area (Å²) in [7, 11) is 6.38. The van der Waals surface area contributed by atoms with Gasteiger partial charge in [-0.15, -0.1) is 0 Å². The van der Waals surface area contributed by atoms with E-state index in [1.165, 1.54) is 24.1 Å². The van der Waals surface area contributed by atoms with Gasteiger partial charge in [0.05, 0.1) is 0 Å². The number of rotatable bonds is 4. The van der Waals surface area contributed by atoms with Gasteiger partial charge in [-0.25, -0.2) is 0 Å². The molecule has 1 aliphatic heterocycles. The lowest BCUT2D eigenvalue weighted by molar-refractivity contribution is 0.249. The Balaban J connectivity index is 2.12. The maximum Gasteiger partial charge on any atom is 0.0423 e. The Labute approximate surface area is 125 Å². The van der Waals surface area contributed by atoms with Crippen LogP contribution >= 0.6 is 15.9 Å². The molecule has 0 bridgehead atoms. The van der Waals surface area contributed by atoms with Crippen molar-refractivity contribution in [2.75, 3.05) is 39.1 Å². The molecule has 1 heterocycles. The van der Waals surface area contributed by atoms with Gasteiger partial charge in [0.1, 0.15) is 0 Å². The van der Waals surface area contributed by atoms with Crippen molar-refractivity contribution in [2.24, 2.45) is 0 Å². The lowest BCUT2D eigenvalue weighted by atomic mass is 10.0. The van der Waals surface area contributed by atoms with Gasteiger partial charge in [-0.2, -0.15) is 0 Å². The van der Waals surface area contributed by atoms with Crippen LogP contribution in [0.5, 0.6) is 0 Å². The molecule has 19 heavy (non-hydrogen) atoms. The van der Waals surface area contributed by atoms with Crippen LogP contribution in [0.3, 0.4) is 0 Å². The van der Waals surface area contributed by atoms with E-state index < -0.39 is 0 Å². The highest BCUT2D eigenvalue weighted by molar-refractivity contribution is 9.10. The second-order valence-corrected chi connectivity index (χ2v) is 6.40. The zero-order valence-electron chi connectivity index (χ0n) is 12.1. The number of hydrogen-bond donors (Lipinski definition) is 1. The molecule has 1 fully saturated rings. The maximum atomic E-state index is 3.59. The highest BCUT2D eigenvalue weighted by Gasteiger charge is 2.22. The maximum absolute atomic E-state index is 3.59. The van der Waals surface area contributed by atoms with E-state index in [0.717, 1.165) is 30.1 Å². The quantitative estimate of drug-likeness (QED) is 0.918. The molecular weight excluding hydrogens is 302 g/mol. The fourth-order valence-electron chi connectivity index (χ4n) is 2.79. The van der Waals surface area contributed by atoms with Gasteiger partial charge in [0, 0.05) is 35.8 Å². The molecule has 0 radical (unpaired) electrons. The van der Waals surface area contributed by atoms with E-state index in [0.29, 0.717) is 0 Å². The number of hydrogen-bond acceptors (Lipinski definition) is 3. The molecule has 0 atom stereocenters. The van der Waals surface area contributed by atoms with Gasteiger partial charge >= 0.3 is 0 Å². The lowest BCUT2D eigenvalue weighted by Gasteiger charge is -2.37. The van der Waals surface area contributed by atoms with Gasteiger partial charge in [0.25, 0.3) is 0 Å². The Morgan fingerprint density at radius 1 is 1.32 bits per heavy atom. The number of nitrogens with zero attached hydrogens (tertiary/aromatic N) is 2. The normalized spacial score (nSPS) is 17.2. The summed E-state index contributed by atoms with van der Waals surface area (Å²) in [6, 6.07) is 7.33. The van der Waals surface area contributed by atoms with Gasteiger partial charge in [0.15, 0.2) is 0 Å². The minimum atomic E-state index is 0.733. The number of halogens is 1. The lowest BCUT2D eigenvalue weighted by Crippen LogP contribution is -2.42. The Hall–Kier alpha value is -0.580. The smallest absolute Gasteiger partial charge is 0.0423 e. The predicted molar refractivity (Wildman–Crippen MR) is 85.8 cm³/mol. The van der Waals surface area contributed by atoms with Crippen LogP contribution in [-0.2, 0) is 6.54 Å². The zero-order chi connectivity index (χ0) is 13.8. The first-order valence-electron chi connectivity index (χ1n) is 6.96. The van der Waals surface area contributed by atoms with E-state index >= 15 is 0 Å². The second-order valence-electron chi connectivity index (χ2n) is 5.49. The molecule has 1 saturated heterocycles. The van der Waals surface area contributed by atoms with Crippen molar-refractivity contribution in [3.8, 4) is 0 Å². The molecule has 4 heteroatoms. The first kappa shape index (κ1) is 14.8. The van der Waals surface area contributed by atoms with E-state index in [9.17, 15) is 0 Å².